The zero-order valence-corrected chi connectivity index (χ0v) is 10.4. The maximum absolute atomic E-state index is 11.5. The number of carbonyl (C=O) groups is 2. The number of anilines is 1. The number of benzene rings is 1. The summed E-state index contributed by atoms with van der Waals surface area (Å²) in [5.41, 5.74) is 0.552. The summed E-state index contributed by atoms with van der Waals surface area (Å²) in [5, 5.41) is 22.5. The van der Waals surface area contributed by atoms with Crippen LogP contribution in [0.2, 0.25) is 0 Å². The van der Waals surface area contributed by atoms with Crippen LogP contribution in [0.15, 0.2) is 24.3 Å². The van der Waals surface area contributed by atoms with Crippen LogP contribution >= 0.6 is 0 Å². The Hall–Kier alpha value is -2.28. The van der Waals surface area contributed by atoms with E-state index in [1.54, 1.807) is 24.3 Å². The molecule has 0 bridgehead atoms. The number of hydrogen-bond acceptors (Lipinski definition) is 4. The van der Waals surface area contributed by atoms with Crippen LogP contribution in [0.25, 0.3) is 0 Å². The zero-order valence-electron chi connectivity index (χ0n) is 10.4. The van der Waals surface area contributed by atoms with E-state index in [2.05, 4.69) is 10.6 Å². The van der Waals surface area contributed by atoms with E-state index in [-0.39, 0.29) is 13.0 Å². The average Bonchev–Trinajstić information content (AvgIpc) is 2.38. The molecule has 0 saturated carbocycles. The molecule has 0 fully saturated rings. The highest BCUT2D eigenvalue weighted by atomic mass is 16.5. The predicted molar refractivity (Wildman–Crippen MR) is 68.3 cm³/mol. The van der Waals surface area contributed by atoms with Gasteiger partial charge in [-0.2, -0.15) is 0 Å². The molecule has 0 aromatic heterocycles. The van der Waals surface area contributed by atoms with Gasteiger partial charge in [-0.1, -0.05) is 6.07 Å². The summed E-state index contributed by atoms with van der Waals surface area (Å²) >= 11 is 0. The summed E-state index contributed by atoms with van der Waals surface area (Å²) in [6, 6.07) is 6.32. The zero-order chi connectivity index (χ0) is 14.3. The number of aliphatic hydroxyl groups is 1. The predicted octanol–water partition coefficient (Wildman–Crippen LogP) is 0.652. The summed E-state index contributed by atoms with van der Waals surface area (Å²) < 4.78 is 5.01. The Bertz CT molecular complexity index is 450. The van der Waals surface area contributed by atoms with Crippen molar-refractivity contribution in [3.63, 3.8) is 0 Å². The topological polar surface area (TPSA) is 108 Å². The normalized spacial score (nSPS) is 11.5. The van der Waals surface area contributed by atoms with E-state index < -0.39 is 18.1 Å². The number of amides is 2. The number of carbonyl (C=O) groups excluding carboxylic acids is 1. The molecule has 7 nitrogen and oxygen atoms in total. The minimum absolute atomic E-state index is 0.0547. The van der Waals surface area contributed by atoms with Gasteiger partial charge in [-0.3, -0.25) is 0 Å². The minimum Gasteiger partial charge on any atom is -0.497 e. The van der Waals surface area contributed by atoms with Crippen molar-refractivity contribution in [1.82, 2.24) is 5.32 Å². The van der Waals surface area contributed by atoms with E-state index in [0.717, 1.165) is 0 Å². The third-order valence-corrected chi connectivity index (χ3v) is 2.32. The second-order valence-corrected chi connectivity index (χ2v) is 3.76. The highest BCUT2D eigenvalue weighted by molar-refractivity contribution is 5.89. The Morgan fingerprint density at radius 3 is 2.79 bits per heavy atom. The van der Waals surface area contributed by atoms with Gasteiger partial charge < -0.3 is 25.6 Å². The molecule has 0 heterocycles. The number of hydrogen-bond donors (Lipinski definition) is 4. The van der Waals surface area contributed by atoms with Crippen LogP contribution in [0, 0.1) is 0 Å². The van der Waals surface area contributed by atoms with Crippen molar-refractivity contribution in [2.75, 3.05) is 19.0 Å². The van der Waals surface area contributed by atoms with Crippen molar-refractivity contribution in [1.29, 1.82) is 0 Å². The lowest BCUT2D eigenvalue weighted by atomic mass is 10.2. The minimum atomic E-state index is -1.47. The molecule has 0 aliphatic rings. The van der Waals surface area contributed by atoms with Crippen molar-refractivity contribution >= 4 is 17.7 Å². The smallest absolute Gasteiger partial charge is 0.332 e. The fourth-order valence-electron chi connectivity index (χ4n) is 1.32. The molecular weight excluding hydrogens is 252 g/mol. The SMILES string of the molecule is COc1cccc(NC(=O)NCC[C@H](O)C(=O)O)c1. The fourth-order valence-corrected chi connectivity index (χ4v) is 1.32. The number of methoxy groups -OCH3 is 1. The number of aliphatic carboxylic acids is 1. The molecule has 1 aromatic rings. The van der Waals surface area contributed by atoms with E-state index >= 15 is 0 Å². The number of aliphatic hydroxyl groups excluding tert-OH is 1. The van der Waals surface area contributed by atoms with Crippen LogP contribution in [-0.2, 0) is 4.79 Å². The Kier molecular flexibility index (Phi) is 5.62. The van der Waals surface area contributed by atoms with Gasteiger partial charge in [0.1, 0.15) is 5.75 Å². The molecule has 0 unspecified atom stereocenters. The molecule has 0 radical (unpaired) electrons. The number of ether oxygens (including phenoxy) is 1. The third-order valence-electron chi connectivity index (χ3n) is 2.32. The van der Waals surface area contributed by atoms with Gasteiger partial charge in [0.2, 0.25) is 0 Å². The summed E-state index contributed by atoms with van der Waals surface area (Å²) in [6.45, 7) is 0.0588. The molecule has 7 heteroatoms. The van der Waals surface area contributed by atoms with Crippen molar-refractivity contribution < 1.29 is 24.5 Å². The van der Waals surface area contributed by atoms with E-state index in [9.17, 15) is 9.59 Å². The second-order valence-electron chi connectivity index (χ2n) is 3.76. The van der Waals surface area contributed by atoms with Crippen LogP contribution in [0.5, 0.6) is 5.75 Å². The molecule has 1 atom stereocenters. The van der Waals surface area contributed by atoms with Crippen LogP contribution in [0.4, 0.5) is 10.5 Å². The van der Waals surface area contributed by atoms with Crippen LogP contribution in [0.3, 0.4) is 0 Å². The van der Waals surface area contributed by atoms with Crippen molar-refractivity contribution in [3.8, 4) is 5.75 Å². The molecule has 2 amide bonds. The third kappa shape index (κ3) is 5.26. The van der Waals surface area contributed by atoms with Gasteiger partial charge in [-0.25, -0.2) is 9.59 Å². The Balaban J connectivity index is 2.36. The lowest BCUT2D eigenvalue weighted by Crippen LogP contribution is -2.33. The molecule has 4 N–H and O–H groups in total. The van der Waals surface area contributed by atoms with Crippen LogP contribution < -0.4 is 15.4 Å². The van der Waals surface area contributed by atoms with Gasteiger partial charge in [0, 0.05) is 24.7 Å². The van der Waals surface area contributed by atoms with Gasteiger partial charge >= 0.3 is 12.0 Å². The Morgan fingerprint density at radius 1 is 1.42 bits per heavy atom. The second kappa shape index (κ2) is 7.22. The molecule has 104 valence electrons. The largest absolute Gasteiger partial charge is 0.497 e. The maximum atomic E-state index is 11.5. The Labute approximate surface area is 110 Å². The summed E-state index contributed by atoms with van der Waals surface area (Å²) in [7, 11) is 1.52. The first-order chi connectivity index (χ1) is 9.02. The summed E-state index contributed by atoms with van der Waals surface area (Å²) in [5.74, 6) is -0.700. The number of carboxylic acids is 1. The molecular formula is C12H16N2O5. The van der Waals surface area contributed by atoms with Crippen molar-refractivity contribution in [2.24, 2.45) is 0 Å². The summed E-state index contributed by atoms with van der Waals surface area (Å²) in [6.07, 6.45) is -1.53. The quantitative estimate of drug-likeness (QED) is 0.606. The molecule has 0 saturated heterocycles. The first-order valence-corrected chi connectivity index (χ1v) is 5.62. The van der Waals surface area contributed by atoms with E-state index in [1.165, 1.54) is 7.11 Å². The molecule has 1 rings (SSSR count). The lowest BCUT2D eigenvalue weighted by Gasteiger charge is -2.09. The first kappa shape index (κ1) is 14.8. The van der Waals surface area contributed by atoms with E-state index in [1.807, 2.05) is 0 Å². The first-order valence-electron chi connectivity index (χ1n) is 5.62. The van der Waals surface area contributed by atoms with Gasteiger partial charge in [0.25, 0.3) is 0 Å². The number of rotatable bonds is 6. The highest BCUT2D eigenvalue weighted by Gasteiger charge is 2.12. The van der Waals surface area contributed by atoms with Gasteiger partial charge in [0.15, 0.2) is 6.10 Å². The van der Waals surface area contributed by atoms with Crippen LogP contribution in [-0.4, -0.2) is 42.0 Å². The van der Waals surface area contributed by atoms with Crippen molar-refractivity contribution in [2.45, 2.75) is 12.5 Å². The molecule has 0 spiro atoms. The molecule has 0 aliphatic heterocycles. The number of carboxylic acid groups (broad SMARTS) is 1. The molecule has 0 aliphatic carbocycles. The van der Waals surface area contributed by atoms with Gasteiger partial charge in [-0.05, 0) is 12.1 Å². The van der Waals surface area contributed by atoms with Gasteiger partial charge in [0.05, 0.1) is 7.11 Å². The molecule has 19 heavy (non-hydrogen) atoms. The lowest BCUT2D eigenvalue weighted by molar-refractivity contribution is -0.146. The van der Waals surface area contributed by atoms with E-state index in [0.29, 0.717) is 11.4 Å². The van der Waals surface area contributed by atoms with Gasteiger partial charge in [-0.15, -0.1) is 0 Å². The Morgan fingerprint density at radius 2 is 2.16 bits per heavy atom. The number of urea groups is 1. The monoisotopic (exact) mass is 268 g/mol. The van der Waals surface area contributed by atoms with Crippen LogP contribution in [0.1, 0.15) is 6.42 Å². The number of nitrogens with one attached hydrogen (secondary N) is 2. The average molecular weight is 268 g/mol. The standard InChI is InChI=1S/C12H16N2O5/c1-19-9-4-2-3-8(7-9)14-12(18)13-6-5-10(15)11(16)17/h2-4,7,10,15H,5-6H2,1H3,(H,16,17)(H2,13,14,18)/t10-/m0/s1. The molecule has 1 aromatic carbocycles. The summed E-state index contributed by atoms with van der Waals surface area (Å²) in [4.78, 5) is 21.8. The van der Waals surface area contributed by atoms with Crippen molar-refractivity contribution in [3.05, 3.63) is 24.3 Å². The fraction of sp³-hybridized carbons (Fsp3) is 0.333. The van der Waals surface area contributed by atoms with E-state index in [4.69, 9.17) is 14.9 Å². The maximum Gasteiger partial charge on any atom is 0.332 e. The highest BCUT2D eigenvalue weighted by Crippen LogP contribution is 2.16.